The van der Waals surface area contributed by atoms with E-state index in [0.717, 1.165) is 0 Å². The lowest BCUT2D eigenvalue weighted by atomic mass is 9.40. The molecule has 186 valence electrons. The number of carbonyl (C=O) groups excluding carboxylic acids is 2. The largest absolute Gasteiger partial charge is 0.461 e. The van der Waals surface area contributed by atoms with Gasteiger partial charge in [-0.05, 0) is 25.5 Å². The van der Waals surface area contributed by atoms with Gasteiger partial charge in [0.2, 0.25) is 0 Å². The van der Waals surface area contributed by atoms with Crippen LogP contribution in [-0.2, 0) is 23.7 Å². The maximum Gasteiger partial charge on any atom is 0.338 e. The molecule has 3 saturated carbocycles. The van der Waals surface area contributed by atoms with Gasteiger partial charge in [-0.1, -0.05) is 18.2 Å². The van der Waals surface area contributed by atoms with E-state index in [-0.39, 0.29) is 18.4 Å². The van der Waals surface area contributed by atoms with Crippen LogP contribution in [0.25, 0.3) is 0 Å². The molecular formula is C23H28O11. The van der Waals surface area contributed by atoms with Gasteiger partial charge in [0.15, 0.2) is 6.29 Å². The maximum absolute atomic E-state index is 13.2. The first kappa shape index (κ1) is 23.6. The summed E-state index contributed by atoms with van der Waals surface area (Å²) >= 11 is 0. The first-order valence-electron chi connectivity index (χ1n) is 11.2. The Morgan fingerprint density at radius 3 is 2.47 bits per heavy atom. The summed E-state index contributed by atoms with van der Waals surface area (Å²) in [7, 11) is 0. The number of aliphatic hydroxyl groups excluding tert-OH is 5. The van der Waals surface area contributed by atoms with Crippen molar-refractivity contribution in [1.82, 2.24) is 0 Å². The molecule has 11 heteroatoms. The second kappa shape index (κ2) is 7.95. The summed E-state index contributed by atoms with van der Waals surface area (Å²) in [6, 6.07) is 8.20. The summed E-state index contributed by atoms with van der Waals surface area (Å²) in [5.41, 5.74) is -4.08. The van der Waals surface area contributed by atoms with Crippen LogP contribution < -0.4 is 0 Å². The number of hydrogen-bond donors (Lipinski definition) is 5. The van der Waals surface area contributed by atoms with Crippen LogP contribution in [0.2, 0.25) is 0 Å². The molecule has 10 atom stereocenters. The minimum Gasteiger partial charge on any atom is -0.461 e. The van der Waals surface area contributed by atoms with E-state index in [4.69, 9.17) is 18.9 Å². The van der Waals surface area contributed by atoms with Crippen molar-refractivity contribution in [2.45, 2.75) is 67.8 Å². The molecule has 4 bridgehead atoms. The summed E-state index contributed by atoms with van der Waals surface area (Å²) in [5.74, 6) is -2.00. The Balaban J connectivity index is 1.46. The SMILES string of the molecule is CC12CC(O)C3CC1(O[C@H]1O[C@H](CO)[C@@H](O)[C@H](O)[C@H]1O)C3(COC(=O)c1ccccc1)C(=O)O2. The van der Waals surface area contributed by atoms with Crippen molar-refractivity contribution >= 4 is 11.9 Å². The Hall–Kier alpha value is -2.12. The van der Waals surface area contributed by atoms with Crippen molar-refractivity contribution in [3.8, 4) is 0 Å². The third kappa shape index (κ3) is 2.95. The second-order valence-corrected chi connectivity index (χ2v) is 9.76. The van der Waals surface area contributed by atoms with E-state index in [9.17, 15) is 35.1 Å². The van der Waals surface area contributed by atoms with Crippen molar-refractivity contribution in [3.63, 3.8) is 0 Å². The van der Waals surface area contributed by atoms with Crippen molar-refractivity contribution in [3.05, 3.63) is 35.9 Å². The molecule has 5 aliphatic rings. The van der Waals surface area contributed by atoms with Gasteiger partial charge in [0.1, 0.15) is 47.6 Å². The zero-order valence-corrected chi connectivity index (χ0v) is 18.4. The predicted molar refractivity (Wildman–Crippen MR) is 110 cm³/mol. The first-order chi connectivity index (χ1) is 16.1. The average Bonchev–Trinajstić information content (AvgIpc) is 2.88. The molecule has 2 heterocycles. The Kier molecular flexibility index (Phi) is 5.52. The van der Waals surface area contributed by atoms with Crippen LogP contribution in [0.5, 0.6) is 0 Å². The van der Waals surface area contributed by atoms with Crippen LogP contribution in [0.1, 0.15) is 30.1 Å². The summed E-state index contributed by atoms with van der Waals surface area (Å²) in [4.78, 5) is 25.9. The standard InChI is InChI=1S/C23H28O11/c1-21-8-13(25)12-7-23(21,33-19-17(28)16(27)15(26)14(9-24)32-19)22(12,20(30)34-21)10-31-18(29)11-5-3-2-4-6-11/h2-6,12-17,19,24-28H,7-10H2,1H3/t12?,13?,14-,15-,16+,17-,19-,21?,22?,23?/m1/s1. The van der Waals surface area contributed by atoms with E-state index in [1.54, 1.807) is 37.3 Å². The molecule has 2 aliphatic heterocycles. The molecule has 2 saturated heterocycles. The van der Waals surface area contributed by atoms with E-state index in [0.29, 0.717) is 0 Å². The number of ether oxygens (including phenoxy) is 4. The number of aliphatic hydroxyl groups is 5. The van der Waals surface area contributed by atoms with Crippen molar-refractivity contribution in [1.29, 1.82) is 0 Å². The zero-order valence-electron chi connectivity index (χ0n) is 18.4. The molecule has 34 heavy (non-hydrogen) atoms. The van der Waals surface area contributed by atoms with Gasteiger partial charge in [-0.3, -0.25) is 4.79 Å². The number of hydrogen-bond acceptors (Lipinski definition) is 11. The fourth-order valence-electron chi connectivity index (χ4n) is 6.19. The van der Waals surface area contributed by atoms with E-state index < -0.39 is 84.5 Å². The fourth-order valence-corrected chi connectivity index (χ4v) is 6.19. The number of carbonyl (C=O) groups is 2. The smallest absolute Gasteiger partial charge is 0.338 e. The van der Waals surface area contributed by atoms with Gasteiger partial charge in [-0.25, -0.2) is 4.79 Å². The molecule has 0 aromatic heterocycles. The summed E-state index contributed by atoms with van der Waals surface area (Å²) < 4.78 is 22.9. The third-order valence-corrected chi connectivity index (χ3v) is 8.07. The van der Waals surface area contributed by atoms with E-state index >= 15 is 0 Å². The Morgan fingerprint density at radius 1 is 1.09 bits per heavy atom. The van der Waals surface area contributed by atoms with E-state index in [2.05, 4.69) is 0 Å². The topological polar surface area (TPSA) is 172 Å². The van der Waals surface area contributed by atoms with Gasteiger partial charge in [-0.15, -0.1) is 0 Å². The number of rotatable bonds is 6. The van der Waals surface area contributed by atoms with E-state index in [1.807, 2.05) is 0 Å². The highest BCUT2D eigenvalue weighted by atomic mass is 16.7. The van der Waals surface area contributed by atoms with Crippen LogP contribution in [0.4, 0.5) is 0 Å². The Morgan fingerprint density at radius 2 is 1.79 bits per heavy atom. The normalized spacial score (nSPS) is 47.0. The minimum atomic E-state index is -1.69. The van der Waals surface area contributed by atoms with Gasteiger partial charge in [0.25, 0.3) is 0 Å². The van der Waals surface area contributed by atoms with Gasteiger partial charge < -0.3 is 44.5 Å². The lowest BCUT2D eigenvalue weighted by Crippen LogP contribution is -2.80. The van der Waals surface area contributed by atoms with Crippen LogP contribution in [0.3, 0.4) is 0 Å². The lowest BCUT2D eigenvalue weighted by Gasteiger charge is -2.66. The number of esters is 2. The molecule has 5 N–H and O–H groups in total. The van der Waals surface area contributed by atoms with Crippen molar-refractivity contribution in [2.24, 2.45) is 11.3 Å². The molecular weight excluding hydrogens is 452 g/mol. The minimum absolute atomic E-state index is 0.0508. The number of fused-ring (bicyclic) bond motifs is 1. The highest BCUT2D eigenvalue weighted by Crippen LogP contribution is 2.73. The van der Waals surface area contributed by atoms with Gasteiger partial charge in [0, 0.05) is 12.3 Å². The molecule has 3 aliphatic carbocycles. The molecule has 5 fully saturated rings. The van der Waals surface area contributed by atoms with Crippen LogP contribution in [0, 0.1) is 11.3 Å². The van der Waals surface area contributed by atoms with Gasteiger partial charge in [0.05, 0.1) is 18.3 Å². The highest BCUT2D eigenvalue weighted by Gasteiger charge is 2.88. The fraction of sp³-hybridized carbons (Fsp3) is 0.652. The number of benzene rings is 1. The maximum atomic E-state index is 13.2. The predicted octanol–water partition coefficient (Wildman–Crippen LogP) is -1.51. The van der Waals surface area contributed by atoms with Crippen LogP contribution in [0.15, 0.2) is 30.3 Å². The Labute approximate surface area is 194 Å². The zero-order chi connectivity index (χ0) is 24.5. The summed E-state index contributed by atoms with van der Waals surface area (Å²) in [5, 5.41) is 51.0. The highest BCUT2D eigenvalue weighted by molar-refractivity contribution is 5.90. The van der Waals surface area contributed by atoms with Crippen molar-refractivity contribution < 1.29 is 54.1 Å². The van der Waals surface area contributed by atoms with Gasteiger partial charge >= 0.3 is 11.9 Å². The first-order valence-corrected chi connectivity index (χ1v) is 11.2. The van der Waals surface area contributed by atoms with Crippen molar-refractivity contribution in [2.75, 3.05) is 13.2 Å². The molecule has 0 amide bonds. The molecule has 1 aromatic carbocycles. The van der Waals surface area contributed by atoms with Crippen LogP contribution in [-0.4, -0.2) is 98.7 Å². The molecule has 5 unspecified atom stereocenters. The van der Waals surface area contributed by atoms with E-state index in [1.165, 1.54) is 0 Å². The monoisotopic (exact) mass is 480 g/mol. The summed E-state index contributed by atoms with van der Waals surface area (Å²) in [6.45, 7) is 0.508. The summed E-state index contributed by atoms with van der Waals surface area (Å²) in [6.07, 6.45) is -8.41. The Bertz CT molecular complexity index is 969. The quantitative estimate of drug-likeness (QED) is 0.300. The van der Waals surface area contributed by atoms with Crippen LogP contribution >= 0.6 is 0 Å². The second-order valence-electron chi connectivity index (χ2n) is 9.76. The average molecular weight is 480 g/mol. The lowest BCUT2D eigenvalue weighted by molar-refractivity contribution is -0.394. The molecule has 0 spiro atoms. The third-order valence-electron chi connectivity index (χ3n) is 8.07. The van der Waals surface area contributed by atoms with Gasteiger partial charge in [-0.2, -0.15) is 0 Å². The molecule has 1 aromatic rings. The molecule has 6 rings (SSSR count). The molecule has 11 nitrogen and oxygen atoms in total. The molecule has 0 radical (unpaired) electrons.